The number of alkyl halides is 2. The van der Waals surface area contributed by atoms with Gasteiger partial charge in [0.25, 0.3) is 5.91 Å². The molecule has 12 heteroatoms. The summed E-state index contributed by atoms with van der Waals surface area (Å²) < 4.78 is 48.7. The van der Waals surface area contributed by atoms with Gasteiger partial charge in [-0.05, 0) is 30.7 Å². The number of hydrogen-bond donors (Lipinski definition) is 2. The van der Waals surface area contributed by atoms with E-state index in [2.05, 4.69) is 15.3 Å². The van der Waals surface area contributed by atoms with E-state index < -0.39 is 21.6 Å². The van der Waals surface area contributed by atoms with Gasteiger partial charge >= 0.3 is 0 Å². The summed E-state index contributed by atoms with van der Waals surface area (Å²) in [5, 5.41) is 2.77. The highest BCUT2D eigenvalue weighted by molar-refractivity contribution is 7.91. The van der Waals surface area contributed by atoms with E-state index in [-0.39, 0.29) is 36.4 Å². The number of rotatable bonds is 4. The lowest BCUT2D eigenvalue weighted by molar-refractivity contribution is -0.0102. The van der Waals surface area contributed by atoms with Crippen LogP contribution in [0.5, 0.6) is 0 Å². The maximum absolute atomic E-state index is 13.9. The van der Waals surface area contributed by atoms with E-state index in [9.17, 15) is 17.8 Å². The average molecular weight is 500 g/mol. The minimum atomic E-state index is -3.06. The van der Waals surface area contributed by atoms with Gasteiger partial charge in [-0.2, -0.15) is 0 Å². The molecule has 0 bridgehead atoms. The first-order chi connectivity index (χ1) is 15.0. The highest BCUT2D eigenvalue weighted by Gasteiger charge is 2.33. The molecule has 1 unspecified atom stereocenters. The van der Waals surface area contributed by atoms with Gasteiger partial charge in [0.1, 0.15) is 10.8 Å². The molecule has 1 aliphatic rings. The molecule has 0 aromatic carbocycles. The Bertz CT molecular complexity index is 1300. The highest BCUT2D eigenvalue weighted by atomic mass is 35.5. The van der Waals surface area contributed by atoms with E-state index >= 15 is 0 Å². The second-order valence-electron chi connectivity index (χ2n) is 7.67. The normalized spacial score (nSPS) is 18.2. The molecule has 4 heterocycles. The van der Waals surface area contributed by atoms with E-state index in [0.717, 1.165) is 0 Å². The standard InChI is InChI=1S/C20H20ClF2N5O2S2/c1-32(24,30)17-9-12(3-6-25-17)26-19(29)13-10-15-14(11-16(21)31-15)27-18(13)28-7-2-4-20(22,23)5-8-28/h3,6,9-11,24H,2,4-5,7-8H2,1H3,(H,25,26,29). The van der Waals surface area contributed by atoms with Crippen LogP contribution in [0, 0.1) is 4.78 Å². The lowest BCUT2D eigenvalue weighted by Crippen LogP contribution is -2.29. The van der Waals surface area contributed by atoms with Crippen molar-refractivity contribution in [1.29, 1.82) is 4.78 Å². The minimum absolute atomic E-state index is 0.0453. The largest absolute Gasteiger partial charge is 0.356 e. The van der Waals surface area contributed by atoms with Gasteiger partial charge in [0, 0.05) is 44.1 Å². The van der Waals surface area contributed by atoms with E-state index in [1.54, 1.807) is 17.0 Å². The third kappa shape index (κ3) is 5.00. The molecule has 1 saturated heterocycles. The molecule has 1 amide bonds. The molecule has 170 valence electrons. The smallest absolute Gasteiger partial charge is 0.259 e. The van der Waals surface area contributed by atoms with Crippen LogP contribution in [0.2, 0.25) is 4.34 Å². The Morgan fingerprint density at radius 2 is 2.09 bits per heavy atom. The SMILES string of the molecule is CS(=N)(=O)c1cc(NC(=O)c2cc3sc(Cl)cc3nc2N2CCCC(F)(F)CC2)ccn1. The van der Waals surface area contributed by atoms with Crippen LogP contribution >= 0.6 is 22.9 Å². The molecule has 2 N–H and O–H groups in total. The predicted octanol–water partition coefficient (Wildman–Crippen LogP) is 5.26. The van der Waals surface area contributed by atoms with Crippen LogP contribution in [0.1, 0.15) is 29.6 Å². The number of nitrogens with one attached hydrogen (secondary N) is 2. The van der Waals surface area contributed by atoms with Crippen molar-refractivity contribution in [3.63, 3.8) is 0 Å². The third-order valence-electron chi connectivity index (χ3n) is 5.11. The number of anilines is 2. The summed E-state index contributed by atoms with van der Waals surface area (Å²) in [5.41, 5.74) is 1.14. The Morgan fingerprint density at radius 1 is 1.31 bits per heavy atom. The fourth-order valence-corrected chi connectivity index (χ4v) is 5.24. The van der Waals surface area contributed by atoms with E-state index in [1.165, 1.54) is 35.9 Å². The van der Waals surface area contributed by atoms with Crippen molar-refractivity contribution in [1.82, 2.24) is 9.97 Å². The van der Waals surface area contributed by atoms with Crippen molar-refractivity contribution in [3.8, 4) is 0 Å². The maximum Gasteiger partial charge on any atom is 0.259 e. The van der Waals surface area contributed by atoms with Crippen LogP contribution in [-0.4, -0.2) is 45.4 Å². The number of amides is 1. The van der Waals surface area contributed by atoms with Gasteiger partial charge < -0.3 is 10.2 Å². The zero-order valence-corrected chi connectivity index (χ0v) is 19.4. The van der Waals surface area contributed by atoms with E-state index in [0.29, 0.717) is 32.6 Å². The third-order valence-corrected chi connectivity index (χ3v) is 7.33. The van der Waals surface area contributed by atoms with Gasteiger partial charge in [0.05, 0.1) is 29.8 Å². The number of aromatic nitrogens is 2. The second-order valence-corrected chi connectivity index (χ2v) is 11.5. The highest BCUT2D eigenvalue weighted by Crippen LogP contribution is 2.35. The van der Waals surface area contributed by atoms with Crippen molar-refractivity contribution >= 4 is 60.3 Å². The number of fused-ring (bicyclic) bond motifs is 1. The first-order valence-corrected chi connectivity index (χ1v) is 12.9. The molecule has 1 fully saturated rings. The molecule has 3 aromatic rings. The van der Waals surface area contributed by atoms with Crippen LogP contribution in [0.15, 0.2) is 35.5 Å². The van der Waals surface area contributed by atoms with Crippen LogP contribution in [0.3, 0.4) is 0 Å². The number of thiophene rings is 1. The zero-order chi connectivity index (χ0) is 23.1. The Labute approximate surface area is 192 Å². The summed E-state index contributed by atoms with van der Waals surface area (Å²) in [7, 11) is -3.06. The van der Waals surface area contributed by atoms with Gasteiger partial charge in [-0.1, -0.05) is 11.6 Å². The summed E-state index contributed by atoms with van der Waals surface area (Å²) in [6, 6.07) is 6.24. The van der Waals surface area contributed by atoms with E-state index in [1.807, 2.05) is 0 Å². The molecular weight excluding hydrogens is 480 g/mol. The van der Waals surface area contributed by atoms with Crippen LogP contribution < -0.4 is 10.2 Å². The molecular formula is C20H20ClF2N5O2S2. The fourth-order valence-electron chi connectivity index (χ4n) is 3.51. The van der Waals surface area contributed by atoms with Crippen molar-refractivity contribution in [2.24, 2.45) is 0 Å². The first-order valence-electron chi connectivity index (χ1n) is 9.76. The van der Waals surface area contributed by atoms with Crippen molar-refractivity contribution in [2.75, 3.05) is 29.6 Å². The molecule has 1 aliphatic heterocycles. The van der Waals surface area contributed by atoms with Crippen molar-refractivity contribution < 1.29 is 17.8 Å². The van der Waals surface area contributed by atoms with Gasteiger partial charge in [-0.25, -0.2) is 27.7 Å². The van der Waals surface area contributed by atoms with Crippen molar-refractivity contribution in [2.45, 2.75) is 30.2 Å². The van der Waals surface area contributed by atoms with Gasteiger partial charge in [-0.3, -0.25) is 4.79 Å². The molecule has 1 atom stereocenters. The topological polar surface area (TPSA) is 99.0 Å². The number of carbonyl (C=O) groups is 1. The van der Waals surface area contributed by atoms with Crippen LogP contribution in [0.25, 0.3) is 10.2 Å². The molecule has 32 heavy (non-hydrogen) atoms. The van der Waals surface area contributed by atoms with Gasteiger partial charge in [-0.15, -0.1) is 11.3 Å². The molecule has 0 saturated carbocycles. The average Bonchev–Trinajstić information content (AvgIpc) is 2.97. The lowest BCUT2D eigenvalue weighted by atomic mass is 10.1. The zero-order valence-electron chi connectivity index (χ0n) is 17.0. The number of carbonyl (C=O) groups excluding carboxylic acids is 1. The molecule has 3 aromatic heterocycles. The Kier molecular flexibility index (Phi) is 6.08. The minimum Gasteiger partial charge on any atom is -0.356 e. The summed E-state index contributed by atoms with van der Waals surface area (Å²) in [6.45, 7) is 0.419. The Balaban J connectivity index is 1.72. The molecule has 7 nitrogen and oxygen atoms in total. The van der Waals surface area contributed by atoms with Gasteiger partial charge in [0.2, 0.25) is 5.92 Å². The number of hydrogen-bond acceptors (Lipinski definition) is 7. The fraction of sp³-hybridized carbons (Fsp3) is 0.350. The van der Waals surface area contributed by atoms with Crippen LogP contribution in [0.4, 0.5) is 20.3 Å². The molecule has 0 spiro atoms. The predicted molar refractivity (Wildman–Crippen MR) is 123 cm³/mol. The Hall–Kier alpha value is -2.37. The number of halogens is 3. The van der Waals surface area contributed by atoms with Crippen LogP contribution in [-0.2, 0) is 9.73 Å². The summed E-state index contributed by atoms with van der Waals surface area (Å²) >= 11 is 7.39. The quantitative estimate of drug-likeness (QED) is 0.510. The summed E-state index contributed by atoms with van der Waals surface area (Å²) in [4.78, 5) is 23.4. The number of pyridine rings is 2. The van der Waals surface area contributed by atoms with Crippen molar-refractivity contribution in [3.05, 3.63) is 40.4 Å². The van der Waals surface area contributed by atoms with E-state index in [4.69, 9.17) is 16.4 Å². The lowest BCUT2D eigenvalue weighted by Gasteiger charge is -2.24. The maximum atomic E-state index is 13.9. The monoisotopic (exact) mass is 499 g/mol. The Morgan fingerprint density at radius 3 is 2.84 bits per heavy atom. The molecule has 0 aliphatic carbocycles. The second kappa shape index (κ2) is 8.53. The molecule has 0 radical (unpaired) electrons. The first kappa shape index (κ1) is 22.8. The molecule has 4 rings (SSSR count). The summed E-state index contributed by atoms with van der Waals surface area (Å²) in [5.74, 6) is -2.93. The summed E-state index contributed by atoms with van der Waals surface area (Å²) in [6.07, 6.45) is 2.36. The number of nitrogens with zero attached hydrogens (tertiary/aromatic N) is 3. The van der Waals surface area contributed by atoms with Gasteiger partial charge in [0.15, 0.2) is 0 Å².